The number of nitrogens with zero attached hydrogens (tertiary/aromatic N) is 3. The molecule has 0 aliphatic carbocycles. The molecule has 0 radical (unpaired) electrons. The lowest BCUT2D eigenvalue weighted by molar-refractivity contribution is -0.137. The first kappa shape index (κ1) is 21.9. The molecule has 3 heterocycles. The molecule has 2 saturated heterocycles. The van der Waals surface area contributed by atoms with Gasteiger partial charge in [-0.15, -0.1) is 0 Å². The van der Waals surface area contributed by atoms with Crippen molar-refractivity contribution < 1.29 is 22.7 Å². The molecular weight excluding hydrogens is 431 g/mol. The SMILES string of the molecule is COc1cccc(C(=O)N2CCN3C[C@@H](c4ccc(C(F)(F)F)cn4)CC[C@@H]3C2)c1Cl. The molecule has 4 rings (SSSR count). The number of piperidine rings is 1. The second kappa shape index (κ2) is 8.67. The largest absolute Gasteiger partial charge is 0.495 e. The molecule has 0 spiro atoms. The Labute approximate surface area is 183 Å². The van der Waals surface area contributed by atoms with Crippen LogP contribution in [0.3, 0.4) is 0 Å². The third kappa shape index (κ3) is 4.50. The number of hydrogen-bond acceptors (Lipinski definition) is 4. The molecule has 0 bridgehead atoms. The zero-order chi connectivity index (χ0) is 22.2. The number of fused-ring (bicyclic) bond motifs is 1. The van der Waals surface area contributed by atoms with Crippen molar-refractivity contribution >= 4 is 17.5 Å². The van der Waals surface area contributed by atoms with Gasteiger partial charge in [-0.25, -0.2) is 0 Å². The Balaban J connectivity index is 1.40. The number of hydrogen-bond donors (Lipinski definition) is 0. The maximum Gasteiger partial charge on any atom is 0.417 e. The van der Waals surface area contributed by atoms with Crippen LogP contribution < -0.4 is 4.74 Å². The Bertz CT molecular complexity index is 952. The Kier molecular flexibility index (Phi) is 6.12. The summed E-state index contributed by atoms with van der Waals surface area (Å²) < 4.78 is 43.5. The second-order valence-electron chi connectivity index (χ2n) is 7.97. The summed E-state index contributed by atoms with van der Waals surface area (Å²) in [6, 6.07) is 7.96. The monoisotopic (exact) mass is 453 g/mol. The average molecular weight is 454 g/mol. The number of carbonyl (C=O) groups is 1. The Morgan fingerprint density at radius 2 is 1.97 bits per heavy atom. The zero-order valence-electron chi connectivity index (χ0n) is 17.0. The zero-order valence-corrected chi connectivity index (χ0v) is 17.8. The third-order valence-corrected chi connectivity index (χ3v) is 6.53. The van der Waals surface area contributed by atoms with Crippen LogP contribution in [0, 0.1) is 0 Å². The summed E-state index contributed by atoms with van der Waals surface area (Å²) in [5.74, 6) is 0.444. The molecule has 2 aliphatic heterocycles. The van der Waals surface area contributed by atoms with Crippen molar-refractivity contribution in [2.24, 2.45) is 0 Å². The summed E-state index contributed by atoms with van der Waals surface area (Å²) in [5.41, 5.74) is 0.387. The van der Waals surface area contributed by atoms with Crippen LogP contribution in [0.2, 0.25) is 5.02 Å². The van der Waals surface area contributed by atoms with Gasteiger partial charge in [0.05, 0.1) is 23.3 Å². The lowest BCUT2D eigenvalue weighted by Gasteiger charge is -2.46. The molecule has 166 valence electrons. The van der Waals surface area contributed by atoms with Crippen LogP contribution in [-0.2, 0) is 6.18 Å². The molecule has 1 aromatic heterocycles. The lowest BCUT2D eigenvalue weighted by atomic mass is 9.88. The average Bonchev–Trinajstić information content (AvgIpc) is 2.77. The molecule has 1 aromatic carbocycles. The molecular formula is C22H23ClF3N3O2. The van der Waals surface area contributed by atoms with Crippen LogP contribution in [0.5, 0.6) is 5.75 Å². The number of rotatable bonds is 3. The van der Waals surface area contributed by atoms with E-state index in [4.69, 9.17) is 16.3 Å². The topological polar surface area (TPSA) is 45.7 Å². The number of aromatic nitrogens is 1. The smallest absolute Gasteiger partial charge is 0.417 e. The van der Waals surface area contributed by atoms with Gasteiger partial charge in [0.25, 0.3) is 5.91 Å². The minimum Gasteiger partial charge on any atom is -0.495 e. The molecule has 2 atom stereocenters. The van der Waals surface area contributed by atoms with Crippen molar-refractivity contribution in [1.82, 2.24) is 14.8 Å². The fourth-order valence-electron chi connectivity index (χ4n) is 4.42. The van der Waals surface area contributed by atoms with Crippen molar-refractivity contribution in [3.05, 3.63) is 58.4 Å². The van der Waals surface area contributed by atoms with E-state index in [-0.39, 0.29) is 17.9 Å². The Morgan fingerprint density at radius 1 is 1.16 bits per heavy atom. The van der Waals surface area contributed by atoms with Crippen molar-refractivity contribution in [3.8, 4) is 5.75 Å². The standard InChI is InChI=1S/C22H23ClF3N3O2/c1-31-19-4-2-3-17(20(19)23)21(30)29-10-9-28-12-14(5-7-16(28)13-29)18-8-6-15(11-27-18)22(24,25)26/h2-4,6,8,11,14,16H,5,7,9-10,12-13H2,1H3/t14-,16+/m0/s1. The normalized spacial score (nSPS) is 22.2. The number of methoxy groups -OCH3 is 1. The molecule has 9 heteroatoms. The summed E-state index contributed by atoms with van der Waals surface area (Å²) in [6.45, 7) is 2.59. The number of alkyl halides is 3. The molecule has 2 aromatic rings. The molecule has 0 unspecified atom stereocenters. The molecule has 0 saturated carbocycles. The fourth-order valence-corrected chi connectivity index (χ4v) is 4.70. The van der Waals surface area contributed by atoms with Crippen molar-refractivity contribution in [3.63, 3.8) is 0 Å². The van der Waals surface area contributed by atoms with Gasteiger partial charge in [0.15, 0.2) is 0 Å². The number of ether oxygens (including phenoxy) is 1. The van der Waals surface area contributed by atoms with Gasteiger partial charge in [-0.05, 0) is 37.1 Å². The van der Waals surface area contributed by atoms with E-state index < -0.39 is 11.7 Å². The number of benzene rings is 1. The summed E-state index contributed by atoms with van der Waals surface area (Å²) in [4.78, 5) is 21.2. The van der Waals surface area contributed by atoms with E-state index in [0.717, 1.165) is 31.6 Å². The Morgan fingerprint density at radius 3 is 2.65 bits per heavy atom. The predicted octanol–water partition coefficient (Wildman–Crippen LogP) is 4.47. The maximum atomic E-state index is 13.0. The molecule has 31 heavy (non-hydrogen) atoms. The van der Waals surface area contributed by atoms with Crippen molar-refractivity contribution in [1.29, 1.82) is 0 Å². The summed E-state index contributed by atoms with van der Waals surface area (Å²) >= 11 is 6.33. The predicted molar refractivity (Wildman–Crippen MR) is 110 cm³/mol. The van der Waals surface area contributed by atoms with Crippen LogP contribution in [0.1, 0.15) is 40.4 Å². The summed E-state index contributed by atoms with van der Waals surface area (Å²) in [5, 5.41) is 0.314. The number of halogens is 4. The van der Waals surface area contributed by atoms with Gasteiger partial charge in [0.1, 0.15) is 5.75 Å². The third-order valence-electron chi connectivity index (χ3n) is 6.14. The van der Waals surface area contributed by atoms with E-state index >= 15 is 0 Å². The van der Waals surface area contributed by atoms with Crippen molar-refractivity contribution in [2.45, 2.75) is 31.0 Å². The number of amides is 1. The fraction of sp³-hybridized carbons (Fsp3) is 0.455. The first-order valence-corrected chi connectivity index (χ1v) is 10.5. The molecule has 2 aliphatic rings. The van der Waals surface area contributed by atoms with Crippen LogP contribution in [-0.4, -0.2) is 60.0 Å². The van der Waals surface area contributed by atoms with E-state index in [0.29, 0.717) is 41.7 Å². The van der Waals surface area contributed by atoms with E-state index in [1.807, 2.05) is 4.90 Å². The van der Waals surface area contributed by atoms with E-state index in [2.05, 4.69) is 9.88 Å². The highest BCUT2D eigenvalue weighted by Gasteiger charge is 2.36. The van der Waals surface area contributed by atoms with Crippen LogP contribution in [0.25, 0.3) is 0 Å². The first-order valence-electron chi connectivity index (χ1n) is 10.2. The highest BCUT2D eigenvalue weighted by molar-refractivity contribution is 6.35. The van der Waals surface area contributed by atoms with Gasteiger partial charge >= 0.3 is 6.18 Å². The van der Waals surface area contributed by atoms with Gasteiger partial charge in [-0.1, -0.05) is 17.7 Å². The van der Waals surface area contributed by atoms with Gasteiger partial charge in [0.2, 0.25) is 0 Å². The maximum absolute atomic E-state index is 13.0. The van der Waals surface area contributed by atoms with Gasteiger partial charge < -0.3 is 9.64 Å². The quantitative estimate of drug-likeness (QED) is 0.688. The first-order chi connectivity index (χ1) is 14.8. The highest BCUT2D eigenvalue weighted by Crippen LogP contribution is 2.34. The van der Waals surface area contributed by atoms with Crippen LogP contribution >= 0.6 is 11.6 Å². The van der Waals surface area contributed by atoms with E-state index in [1.165, 1.54) is 13.2 Å². The van der Waals surface area contributed by atoms with Gasteiger partial charge in [-0.3, -0.25) is 14.7 Å². The van der Waals surface area contributed by atoms with Crippen molar-refractivity contribution in [2.75, 3.05) is 33.3 Å². The van der Waals surface area contributed by atoms with E-state index in [9.17, 15) is 18.0 Å². The second-order valence-corrected chi connectivity index (χ2v) is 8.34. The number of piperazine rings is 1. The molecule has 1 amide bonds. The lowest BCUT2D eigenvalue weighted by Crippen LogP contribution is -2.57. The molecule has 2 fully saturated rings. The van der Waals surface area contributed by atoms with Crippen LogP contribution in [0.4, 0.5) is 13.2 Å². The Hall–Kier alpha value is -2.32. The summed E-state index contributed by atoms with van der Waals surface area (Å²) in [6.07, 6.45) is -1.79. The minimum absolute atomic E-state index is 0.0913. The van der Waals surface area contributed by atoms with E-state index in [1.54, 1.807) is 18.2 Å². The minimum atomic E-state index is -4.38. The summed E-state index contributed by atoms with van der Waals surface area (Å²) in [7, 11) is 1.51. The number of pyridine rings is 1. The molecule has 0 N–H and O–H groups in total. The highest BCUT2D eigenvalue weighted by atomic mass is 35.5. The van der Waals surface area contributed by atoms with Crippen LogP contribution in [0.15, 0.2) is 36.5 Å². The van der Waals surface area contributed by atoms with Gasteiger partial charge in [-0.2, -0.15) is 13.2 Å². The molecule has 5 nitrogen and oxygen atoms in total. The van der Waals surface area contributed by atoms with Gasteiger partial charge in [0, 0.05) is 50.0 Å². The number of carbonyl (C=O) groups excluding carboxylic acids is 1.